The lowest BCUT2D eigenvalue weighted by atomic mass is 10.0. The minimum atomic E-state index is 0.171. The fourth-order valence-corrected chi connectivity index (χ4v) is 3.25. The van der Waals surface area contributed by atoms with Crippen molar-refractivity contribution < 1.29 is 9.52 Å². The number of phenols is 1. The molecular formula is C21H13NO2. The zero-order valence-electron chi connectivity index (χ0n) is 12.7. The van der Waals surface area contributed by atoms with Gasteiger partial charge in [-0.05, 0) is 28.3 Å². The van der Waals surface area contributed by atoms with Crippen LogP contribution in [0, 0.1) is 0 Å². The van der Waals surface area contributed by atoms with E-state index in [2.05, 4.69) is 6.07 Å². The fourth-order valence-electron chi connectivity index (χ4n) is 3.25. The zero-order valence-corrected chi connectivity index (χ0v) is 12.7. The molecule has 4 aromatic carbocycles. The van der Waals surface area contributed by atoms with Crippen LogP contribution < -0.4 is 0 Å². The molecule has 0 bridgehead atoms. The Morgan fingerprint density at radius 3 is 2.21 bits per heavy atom. The van der Waals surface area contributed by atoms with Crippen molar-refractivity contribution in [2.24, 2.45) is 0 Å². The van der Waals surface area contributed by atoms with Gasteiger partial charge in [0, 0.05) is 5.39 Å². The summed E-state index contributed by atoms with van der Waals surface area (Å²) in [6.07, 6.45) is 0. The number of nitrogens with zero attached hydrogens (tertiary/aromatic N) is 1. The minimum Gasteiger partial charge on any atom is -0.507 e. The van der Waals surface area contributed by atoms with E-state index in [-0.39, 0.29) is 5.75 Å². The van der Waals surface area contributed by atoms with E-state index in [1.165, 1.54) is 0 Å². The largest absolute Gasteiger partial charge is 0.507 e. The van der Waals surface area contributed by atoms with Crippen molar-refractivity contribution in [3.63, 3.8) is 0 Å². The van der Waals surface area contributed by atoms with Gasteiger partial charge in [-0.3, -0.25) is 0 Å². The third-order valence-electron chi connectivity index (χ3n) is 4.40. The van der Waals surface area contributed by atoms with Crippen LogP contribution in [0.2, 0.25) is 0 Å². The maximum absolute atomic E-state index is 10.4. The molecule has 1 N–H and O–H groups in total. The van der Waals surface area contributed by atoms with Gasteiger partial charge in [0.15, 0.2) is 5.58 Å². The van der Waals surface area contributed by atoms with Crippen LogP contribution in [0.5, 0.6) is 5.75 Å². The lowest BCUT2D eigenvalue weighted by molar-refractivity contribution is 0.475. The van der Waals surface area contributed by atoms with Crippen LogP contribution in [0.1, 0.15) is 0 Å². The van der Waals surface area contributed by atoms with E-state index in [9.17, 15) is 5.11 Å². The van der Waals surface area contributed by atoms with Gasteiger partial charge in [-0.2, -0.15) is 0 Å². The van der Waals surface area contributed by atoms with Crippen molar-refractivity contribution in [1.82, 2.24) is 4.98 Å². The Labute approximate surface area is 137 Å². The van der Waals surface area contributed by atoms with Crippen LogP contribution in [0.15, 0.2) is 77.2 Å². The van der Waals surface area contributed by atoms with Gasteiger partial charge < -0.3 is 9.52 Å². The molecule has 0 aliphatic carbocycles. The molecule has 24 heavy (non-hydrogen) atoms. The summed E-state index contributed by atoms with van der Waals surface area (Å²) in [7, 11) is 0. The second-order valence-corrected chi connectivity index (χ2v) is 5.83. The molecule has 114 valence electrons. The first kappa shape index (κ1) is 13.1. The molecule has 5 aromatic rings. The summed E-state index contributed by atoms with van der Waals surface area (Å²) in [5, 5.41) is 14.5. The first-order valence-electron chi connectivity index (χ1n) is 7.81. The average Bonchev–Trinajstić information content (AvgIpc) is 3.05. The third-order valence-corrected chi connectivity index (χ3v) is 4.40. The van der Waals surface area contributed by atoms with E-state index in [4.69, 9.17) is 9.40 Å². The summed E-state index contributed by atoms with van der Waals surface area (Å²) in [5.74, 6) is 0.611. The Hall–Kier alpha value is -3.33. The highest BCUT2D eigenvalue weighted by molar-refractivity contribution is 6.05. The van der Waals surface area contributed by atoms with E-state index in [1.54, 1.807) is 6.07 Å². The predicted molar refractivity (Wildman–Crippen MR) is 96.1 cm³/mol. The molecule has 3 nitrogen and oxygen atoms in total. The van der Waals surface area contributed by atoms with Crippen molar-refractivity contribution in [3.8, 4) is 17.2 Å². The standard InChI is InChI=1S/C21H13NO2/c23-17-11-9-13-5-1-3-7-15(13)19(17)21-22-20-16-8-4-2-6-14(16)10-12-18(20)24-21/h1-12,23H. The monoisotopic (exact) mass is 311 g/mol. The molecule has 0 fully saturated rings. The Morgan fingerprint density at radius 1 is 0.708 bits per heavy atom. The second kappa shape index (κ2) is 4.83. The fraction of sp³-hybridized carbons (Fsp3) is 0. The Bertz CT molecular complexity index is 1220. The van der Waals surface area contributed by atoms with E-state index >= 15 is 0 Å². The van der Waals surface area contributed by atoms with Crippen molar-refractivity contribution in [2.75, 3.05) is 0 Å². The maximum Gasteiger partial charge on any atom is 0.231 e. The molecule has 5 rings (SSSR count). The number of aromatic nitrogens is 1. The third kappa shape index (κ3) is 1.82. The number of oxazole rings is 1. The molecule has 0 amide bonds. The highest BCUT2D eigenvalue weighted by Crippen LogP contribution is 2.38. The van der Waals surface area contributed by atoms with Crippen LogP contribution in [0.25, 0.3) is 44.1 Å². The summed E-state index contributed by atoms with van der Waals surface area (Å²) in [4.78, 5) is 4.70. The van der Waals surface area contributed by atoms with E-state index in [0.717, 1.165) is 32.6 Å². The molecule has 0 unspecified atom stereocenters. The van der Waals surface area contributed by atoms with Gasteiger partial charge in [-0.1, -0.05) is 60.7 Å². The minimum absolute atomic E-state index is 0.171. The normalized spacial score (nSPS) is 11.5. The molecule has 0 spiro atoms. The van der Waals surface area contributed by atoms with Crippen LogP contribution in [0.4, 0.5) is 0 Å². The summed E-state index contributed by atoms with van der Waals surface area (Å²) < 4.78 is 5.98. The molecule has 1 heterocycles. The summed E-state index contributed by atoms with van der Waals surface area (Å²) in [6, 6.07) is 23.5. The SMILES string of the molecule is Oc1ccc2ccccc2c1-c1nc2c(ccc3ccccc32)o1. The molecule has 0 aliphatic rings. The van der Waals surface area contributed by atoms with E-state index in [1.807, 2.05) is 60.7 Å². The summed E-state index contributed by atoms with van der Waals surface area (Å²) in [6.45, 7) is 0. The van der Waals surface area contributed by atoms with Gasteiger partial charge in [0.25, 0.3) is 0 Å². The molecule has 0 radical (unpaired) electrons. The van der Waals surface area contributed by atoms with Gasteiger partial charge in [0.1, 0.15) is 11.3 Å². The quantitative estimate of drug-likeness (QED) is 0.444. The molecular weight excluding hydrogens is 298 g/mol. The van der Waals surface area contributed by atoms with E-state index < -0.39 is 0 Å². The smallest absolute Gasteiger partial charge is 0.231 e. The highest BCUT2D eigenvalue weighted by atomic mass is 16.3. The molecule has 3 heteroatoms. The van der Waals surface area contributed by atoms with Crippen molar-refractivity contribution in [2.45, 2.75) is 0 Å². The second-order valence-electron chi connectivity index (χ2n) is 5.83. The molecule has 0 saturated carbocycles. The Balaban J connectivity index is 1.87. The van der Waals surface area contributed by atoms with Gasteiger partial charge in [0.2, 0.25) is 5.89 Å². The topological polar surface area (TPSA) is 46.3 Å². The molecule has 1 aromatic heterocycles. The van der Waals surface area contributed by atoms with Crippen LogP contribution >= 0.6 is 0 Å². The number of hydrogen-bond acceptors (Lipinski definition) is 3. The van der Waals surface area contributed by atoms with Crippen molar-refractivity contribution in [1.29, 1.82) is 0 Å². The average molecular weight is 311 g/mol. The Kier molecular flexibility index (Phi) is 2.65. The zero-order chi connectivity index (χ0) is 16.1. The van der Waals surface area contributed by atoms with E-state index in [0.29, 0.717) is 11.5 Å². The van der Waals surface area contributed by atoms with Gasteiger partial charge in [0.05, 0.1) is 5.56 Å². The van der Waals surface area contributed by atoms with Crippen LogP contribution in [0.3, 0.4) is 0 Å². The maximum atomic E-state index is 10.4. The van der Waals surface area contributed by atoms with Crippen molar-refractivity contribution in [3.05, 3.63) is 72.8 Å². The number of aromatic hydroxyl groups is 1. The summed E-state index contributed by atoms with van der Waals surface area (Å²) in [5.41, 5.74) is 2.17. The number of phenolic OH excluding ortho intramolecular Hbond substituents is 1. The Morgan fingerprint density at radius 2 is 1.38 bits per heavy atom. The van der Waals surface area contributed by atoms with Gasteiger partial charge >= 0.3 is 0 Å². The molecule has 0 atom stereocenters. The first-order chi connectivity index (χ1) is 11.8. The summed E-state index contributed by atoms with van der Waals surface area (Å²) >= 11 is 0. The number of benzene rings is 4. The number of rotatable bonds is 1. The van der Waals surface area contributed by atoms with Gasteiger partial charge in [-0.25, -0.2) is 4.98 Å². The highest BCUT2D eigenvalue weighted by Gasteiger charge is 2.16. The first-order valence-corrected chi connectivity index (χ1v) is 7.81. The van der Waals surface area contributed by atoms with Crippen LogP contribution in [-0.4, -0.2) is 10.1 Å². The lowest BCUT2D eigenvalue weighted by Gasteiger charge is -2.05. The number of hydrogen-bond donors (Lipinski definition) is 1. The number of fused-ring (bicyclic) bond motifs is 4. The lowest BCUT2D eigenvalue weighted by Crippen LogP contribution is -1.83. The molecule has 0 saturated heterocycles. The van der Waals surface area contributed by atoms with Crippen LogP contribution in [-0.2, 0) is 0 Å². The van der Waals surface area contributed by atoms with Gasteiger partial charge in [-0.15, -0.1) is 0 Å². The predicted octanol–water partition coefficient (Wildman–Crippen LogP) is 5.51. The molecule has 0 aliphatic heterocycles. The van der Waals surface area contributed by atoms with Crippen molar-refractivity contribution >= 4 is 32.6 Å².